The minimum absolute atomic E-state index is 0.191. The molecule has 0 spiro atoms. The van der Waals surface area contributed by atoms with Crippen molar-refractivity contribution in [3.63, 3.8) is 0 Å². The highest BCUT2D eigenvalue weighted by atomic mass is 32.1. The lowest BCUT2D eigenvalue weighted by molar-refractivity contribution is -0.120. The minimum Gasteiger partial charge on any atom is -0.289 e. The van der Waals surface area contributed by atoms with Gasteiger partial charge in [0.2, 0.25) is 0 Å². The number of hydrogen-bond acceptors (Lipinski definition) is 2. The standard InChI is InChI=1S/C4H7NOS/c1-3-4(6)5(2)7/h3,7H,1H2,2H3. The predicted octanol–water partition coefficient (Wildman–Crippen LogP) is 0.476. The van der Waals surface area contributed by atoms with Crippen LogP contribution in [0.25, 0.3) is 0 Å². The van der Waals surface area contributed by atoms with Crippen LogP contribution in [-0.4, -0.2) is 17.3 Å². The summed E-state index contributed by atoms with van der Waals surface area (Å²) in [6.07, 6.45) is 1.20. The molecular formula is C4H7NOS. The molecule has 0 atom stereocenters. The number of amides is 1. The second-order valence-electron chi connectivity index (χ2n) is 1.07. The van der Waals surface area contributed by atoms with Gasteiger partial charge in [-0.3, -0.25) is 9.10 Å². The van der Waals surface area contributed by atoms with Gasteiger partial charge in [0.15, 0.2) is 0 Å². The molecule has 0 unspecified atom stereocenters. The Morgan fingerprint density at radius 3 is 2.43 bits per heavy atom. The fourth-order valence-corrected chi connectivity index (χ4v) is 0.214. The molecule has 0 aromatic rings. The highest BCUT2D eigenvalue weighted by molar-refractivity contribution is 7.78. The van der Waals surface area contributed by atoms with Crippen LogP contribution >= 0.6 is 12.8 Å². The first kappa shape index (κ1) is 6.56. The fraction of sp³-hybridized carbons (Fsp3) is 0.250. The Kier molecular flexibility index (Phi) is 2.52. The monoisotopic (exact) mass is 117 g/mol. The van der Waals surface area contributed by atoms with E-state index >= 15 is 0 Å². The minimum atomic E-state index is -0.191. The molecule has 0 fully saturated rings. The van der Waals surface area contributed by atoms with Crippen molar-refractivity contribution in [1.29, 1.82) is 0 Å². The molecule has 0 aromatic carbocycles. The van der Waals surface area contributed by atoms with Crippen molar-refractivity contribution in [3.05, 3.63) is 12.7 Å². The number of rotatable bonds is 1. The topological polar surface area (TPSA) is 20.3 Å². The van der Waals surface area contributed by atoms with Crippen molar-refractivity contribution in [1.82, 2.24) is 4.31 Å². The number of carbonyl (C=O) groups is 1. The Morgan fingerprint density at radius 1 is 2.00 bits per heavy atom. The third kappa shape index (κ3) is 2.28. The van der Waals surface area contributed by atoms with Crippen molar-refractivity contribution in [2.45, 2.75) is 0 Å². The smallest absolute Gasteiger partial charge is 0.255 e. The molecule has 3 heteroatoms. The van der Waals surface area contributed by atoms with Crippen LogP contribution in [0.3, 0.4) is 0 Å². The molecule has 1 amide bonds. The van der Waals surface area contributed by atoms with Crippen LogP contribution in [0, 0.1) is 0 Å². The zero-order chi connectivity index (χ0) is 5.86. The normalized spacial score (nSPS) is 7.71. The van der Waals surface area contributed by atoms with E-state index < -0.39 is 0 Å². The van der Waals surface area contributed by atoms with Crippen LogP contribution in [0.1, 0.15) is 0 Å². The third-order valence-corrected chi connectivity index (χ3v) is 0.691. The second-order valence-corrected chi connectivity index (χ2v) is 1.67. The summed E-state index contributed by atoms with van der Waals surface area (Å²) in [5, 5.41) is 0. The predicted molar refractivity (Wildman–Crippen MR) is 32.0 cm³/mol. The summed E-state index contributed by atoms with van der Waals surface area (Å²) in [6, 6.07) is 0. The first-order chi connectivity index (χ1) is 3.18. The van der Waals surface area contributed by atoms with E-state index in [4.69, 9.17) is 0 Å². The van der Waals surface area contributed by atoms with Gasteiger partial charge in [-0.15, -0.1) is 0 Å². The number of nitrogens with zero attached hydrogens (tertiary/aromatic N) is 1. The maximum Gasteiger partial charge on any atom is 0.255 e. The van der Waals surface area contributed by atoms with Crippen LogP contribution in [0.15, 0.2) is 12.7 Å². The van der Waals surface area contributed by atoms with E-state index in [1.807, 2.05) is 0 Å². The Balaban J connectivity index is 3.56. The highest BCUT2D eigenvalue weighted by Crippen LogP contribution is 1.86. The van der Waals surface area contributed by atoms with Crippen molar-refractivity contribution in [3.8, 4) is 0 Å². The van der Waals surface area contributed by atoms with Gasteiger partial charge in [-0.25, -0.2) is 0 Å². The lowest BCUT2D eigenvalue weighted by atomic mass is 10.6. The molecule has 0 saturated heterocycles. The van der Waals surface area contributed by atoms with E-state index in [9.17, 15) is 4.79 Å². The summed E-state index contributed by atoms with van der Waals surface area (Å²) in [4.78, 5) is 10.2. The van der Waals surface area contributed by atoms with Crippen molar-refractivity contribution >= 4 is 18.7 Å². The average Bonchev–Trinajstić information content (AvgIpc) is 1.65. The molecule has 7 heavy (non-hydrogen) atoms. The zero-order valence-electron chi connectivity index (χ0n) is 4.09. The number of likely N-dealkylation sites (N-methyl/N-ethyl adjacent to an activating group) is 1. The van der Waals surface area contributed by atoms with E-state index in [0.29, 0.717) is 0 Å². The lowest BCUT2D eigenvalue weighted by Crippen LogP contribution is -2.12. The molecule has 0 heterocycles. The van der Waals surface area contributed by atoms with E-state index in [-0.39, 0.29) is 5.91 Å². The Bertz CT molecular complexity index is 89.7. The maximum absolute atomic E-state index is 10.2. The molecular weight excluding hydrogens is 110 g/mol. The molecule has 0 N–H and O–H groups in total. The number of thiol groups is 1. The van der Waals surface area contributed by atoms with Crippen molar-refractivity contribution < 1.29 is 4.79 Å². The molecule has 40 valence electrons. The summed E-state index contributed by atoms with van der Waals surface area (Å²) in [5.74, 6) is -0.191. The first-order valence-corrected chi connectivity index (χ1v) is 2.17. The molecule has 0 aliphatic carbocycles. The van der Waals surface area contributed by atoms with Gasteiger partial charge in [-0.05, 0) is 6.08 Å². The van der Waals surface area contributed by atoms with Gasteiger partial charge in [-0.1, -0.05) is 19.4 Å². The van der Waals surface area contributed by atoms with Gasteiger partial charge in [0, 0.05) is 7.05 Å². The van der Waals surface area contributed by atoms with Crippen molar-refractivity contribution in [2.75, 3.05) is 7.05 Å². The van der Waals surface area contributed by atoms with E-state index in [1.165, 1.54) is 6.08 Å². The van der Waals surface area contributed by atoms with E-state index in [1.54, 1.807) is 7.05 Å². The SMILES string of the molecule is C=CC(=O)N(C)S. The van der Waals surface area contributed by atoms with Crippen molar-refractivity contribution in [2.24, 2.45) is 0 Å². The largest absolute Gasteiger partial charge is 0.289 e. The number of hydrogen-bond donors (Lipinski definition) is 1. The molecule has 0 radical (unpaired) electrons. The lowest BCUT2D eigenvalue weighted by Gasteiger charge is -2.01. The Morgan fingerprint density at radius 2 is 2.43 bits per heavy atom. The quantitative estimate of drug-likeness (QED) is 0.391. The van der Waals surface area contributed by atoms with Gasteiger partial charge in [0.25, 0.3) is 5.91 Å². The third-order valence-electron chi connectivity index (χ3n) is 0.494. The van der Waals surface area contributed by atoms with Crippen LogP contribution < -0.4 is 0 Å². The Hall–Kier alpha value is -0.440. The fourth-order valence-electron chi connectivity index (χ4n) is 0.132. The van der Waals surface area contributed by atoms with Gasteiger partial charge < -0.3 is 0 Å². The zero-order valence-corrected chi connectivity index (χ0v) is 4.98. The molecule has 0 bridgehead atoms. The average molecular weight is 117 g/mol. The summed E-state index contributed by atoms with van der Waals surface area (Å²) in [6.45, 7) is 3.24. The van der Waals surface area contributed by atoms with Gasteiger partial charge in [0.05, 0.1) is 0 Å². The number of carbonyl (C=O) groups excluding carboxylic acids is 1. The Labute approximate surface area is 48.4 Å². The summed E-state index contributed by atoms with van der Waals surface area (Å²) >= 11 is 3.69. The van der Waals surface area contributed by atoms with E-state index in [0.717, 1.165) is 4.31 Å². The summed E-state index contributed by atoms with van der Waals surface area (Å²) in [7, 11) is 1.55. The molecule has 0 saturated carbocycles. The first-order valence-electron chi connectivity index (χ1n) is 1.77. The highest BCUT2D eigenvalue weighted by Gasteiger charge is 1.93. The van der Waals surface area contributed by atoms with Crippen LogP contribution in [0.2, 0.25) is 0 Å². The molecule has 0 aliphatic rings. The van der Waals surface area contributed by atoms with Gasteiger partial charge in [0.1, 0.15) is 0 Å². The van der Waals surface area contributed by atoms with Gasteiger partial charge in [-0.2, -0.15) is 0 Å². The van der Waals surface area contributed by atoms with E-state index in [2.05, 4.69) is 19.4 Å². The maximum atomic E-state index is 10.2. The summed E-state index contributed by atoms with van der Waals surface area (Å²) < 4.78 is 1.16. The molecule has 0 aromatic heterocycles. The molecule has 0 rings (SSSR count). The molecule has 2 nitrogen and oxygen atoms in total. The second kappa shape index (κ2) is 2.69. The van der Waals surface area contributed by atoms with Crippen LogP contribution in [0.4, 0.5) is 0 Å². The summed E-state index contributed by atoms with van der Waals surface area (Å²) in [5.41, 5.74) is 0. The van der Waals surface area contributed by atoms with Crippen LogP contribution in [0.5, 0.6) is 0 Å². The molecule has 0 aliphatic heterocycles. The van der Waals surface area contributed by atoms with Crippen LogP contribution in [-0.2, 0) is 4.79 Å². The van der Waals surface area contributed by atoms with Gasteiger partial charge >= 0.3 is 0 Å².